The van der Waals surface area contributed by atoms with Crippen molar-refractivity contribution in [2.75, 3.05) is 20.2 Å². The molecule has 2 aromatic heterocycles. The number of alkyl carbamates (subject to hydrolysis) is 1. The highest BCUT2D eigenvalue weighted by Gasteiger charge is 2.38. The molecule has 2 fully saturated rings. The van der Waals surface area contributed by atoms with Crippen LogP contribution in [-0.4, -0.2) is 73.9 Å². The summed E-state index contributed by atoms with van der Waals surface area (Å²) >= 11 is 0. The van der Waals surface area contributed by atoms with Gasteiger partial charge in [0.05, 0.1) is 36.4 Å². The van der Waals surface area contributed by atoms with Crippen molar-refractivity contribution in [3.63, 3.8) is 0 Å². The minimum atomic E-state index is -0.683. The third kappa shape index (κ3) is 7.25. The standard InChI is InChI=1S/C39H47N7O4/c1-23(2)25(5)37(47)45-19-8-10-33(45)36-42-30-18-16-28(21-31(30)43-36)27-14-11-26(12-15-27)13-17-29-22-40-35(41-29)32-9-7-20-46(32)38(48)34(24(3)4)44-39(49)50-6/h11-12,14-16,18,21-25,32-34H,7-10,19-20H2,1-6H3,(H,40,41)(H,42,43)(H,44,49)/t25-,32-,33-,34-/m0/s1. The number of hydrogen-bond donors (Lipinski definition) is 3. The molecule has 2 aliphatic heterocycles. The van der Waals surface area contributed by atoms with Gasteiger partial charge in [-0.3, -0.25) is 9.59 Å². The van der Waals surface area contributed by atoms with Gasteiger partial charge in [0.1, 0.15) is 23.4 Å². The first-order valence-electron chi connectivity index (χ1n) is 17.7. The molecule has 50 heavy (non-hydrogen) atoms. The van der Waals surface area contributed by atoms with Crippen LogP contribution in [0.1, 0.15) is 95.3 Å². The van der Waals surface area contributed by atoms with E-state index in [4.69, 9.17) is 9.72 Å². The van der Waals surface area contributed by atoms with Gasteiger partial charge in [-0.05, 0) is 78.8 Å². The number of imidazole rings is 2. The van der Waals surface area contributed by atoms with Crippen LogP contribution in [0.5, 0.6) is 0 Å². The molecule has 11 heteroatoms. The number of H-pyrrole nitrogens is 2. The number of benzene rings is 2. The van der Waals surface area contributed by atoms with E-state index in [1.807, 2.05) is 43.9 Å². The summed E-state index contributed by atoms with van der Waals surface area (Å²) in [6.07, 6.45) is 4.60. The lowest BCUT2D eigenvalue weighted by Gasteiger charge is -2.29. The summed E-state index contributed by atoms with van der Waals surface area (Å²) in [5.41, 5.74) is 5.50. The second kappa shape index (κ2) is 14.8. The van der Waals surface area contributed by atoms with Crippen molar-refractivity contribution < 1.29 is 19.1 Å². The molecule has 4 atom stereocenters. The topological polar surface area (TPSA) is 136 Å². The first kappa shape index (κ1) is 34.7. The van der Waals surface area contributed by atoms with E-state index in [1.165, 1.54) is 7.11 Å². The van der Waals surface area contributed by atoms with Crippen molar-refractivity contribution >= 4 is 28.9 Å². The Morgan fingerprint density at radius 2 is 1.50 bits per heavy atom. The van der Waals surface area contributed by atoms with E-state index in [2.05, 4.69) is 70.2 Å². The Bertz CT molecular complexity index is 1920. The van der Waals surface area contributed by atoms with E-state index in [9.17, 15) is 14.4 Å². The van der Waals surface area contributed by atoms with Crippen LogP contribution in [-0.2, 0) is 14.3 Å². The summed E-state index contributed by atoms with van der Waals surface area (Å²) < 4.78 is 4.73. The molecular weight excluding hydrogens is 630 g/mol. The normalized spacial score (nSPS) is 18.7. The van der Waals surface area contributed by atoms with Crippen molar-refractivity contribution in [1.29, 1.82) is 0 Å². The van der Waals surface area contributed by atoms with Gasteiger partial charge >= 0.3 is 6.09 Å². The fraction of sp³-hybridized carbons (Fsp3) is 0.462. The van der Waals surface area contributed by atoms with E-state index in [0.29, 0.717) is 24.0 Å². The Hall–Kier alpha value is -5.11. The molecule has 0 aliphatic carbocycles. The predicted molar refractivity (Wildman–Crippen MR) is 192 cm³/mol. The van der Waals surface area contributed by atoms with Crippen molar-refractivity contribution in [3.05, 3.63) is 71.6 Å². The van der Waals surface area contributed by atoms with Crippen LogP contribution in [0.25, 0.3) is 22.2 Å². The molecule has 2 aliphatic rings. The Morgan fingerprint density at radius 1 is 0.840 bits per heavy atom. The van der Waals surface area contributed by atoms with Crippen LogP contribution < -0.4 is 5.32 Å². The number of aromatic nitrogens is 4. The molecule has 11 nitrogen and oxygen atoms in total. The Balaban J connectivity index is 1.12. The molecular formula is C39H47N7O4. The number of fused-ring (bicyclic) bond motifs is 1. The fourth-order valence-electron chi connectivity index (χ4n) is 6.88. The van der Waals surface area contributed by atoms with Gasteiger partial charge in [-0.25, -0.2) is 14.8 Å². The highest BCUT2D eigenvalue weighted by atomic mass is 16.5. The van der Waals surface area contributed by atoms with Crippen LogP contribution in [0.4, 0.5) is 4.79 Å². The molecule has 262 valence electrons. The van der Waals surface area contributed by atoms with Crippen molar-refractivity contribution in [1.82, 2.24) is 35.1 Å². The largest absolute Gasteiger partial charge is 0.453 e. The lowest BCUT2D eigenvalue weighted by molar-refractivity contribution is -0.137. The number of amides is 3. The number of aromatic amines is 2. The molecule has 4 heterocycles. The van der Waals surface area contributed by atoms with Gasteiger partial charge in [-0.2, -0.15) is 0 Å². The van der Waals surface area contributed by atoms with Crippen molar-refractivity contribution in [3.8, 4) is 23.0 Å². The summed E-state index contributed by atoms with van der Waals surface area (Å²) in [6, 6.07) is 13.4. The maximum Gasteiger partial charge on any atom is 0.407 e. The monoisotopic (exact) mass is 677 g/mol. The first-order chi connectivity index (χ1) is 24.0. The lowest BCUT2D eigenvalue weighted by atomic mass is 9.96. The molecule has 4 aromatic rings. The zero-order valence-electron chi connectivity index (χ0n) is 29.7. The van der Waals surface area contributed by atoms with E-state index in [0.717, 1.165) is 65.8 Å². The zero-order chi connectivity index (χ0) is 35.5. The minimum Gasteiger partial charge on any atom is -0.453 e. The maximum atomic E-state index is 13.4. The number of methoxy groups -OCH3 is 1. The molecule has 2 aromatic carbocycles. The summed E-state index contributed by atoms with van der Waals surface area (Å²) in [7, 11) is 1.29. The van der Waals surface area contributed by atoms with Crippen LogP contribution in [0.2, 0.25) is 0 Å². The van der Waals surface area contributed by atoms with E-state index in [1.54, 1.807) is 11.1 Å². The van der Waals surface area contributed by atoms with Gasteiger partial charge in [0, 0.05) is 24.6 Å². The highest BCUT2D eigenvalue weighted by Crippen LogP contribution is 2.35. The molecule has 0 saturated carbocycles. The smallest absolute Gasteiger partial charge is 0.407 e. The number of carbonyl (C=O) groups excluding carboxylic acids is 3. The summed E-state index contributed by atoms with van der Waals surface area (Å²) in [5, 5.41) is 2.68. The molecule has 6 rings (SSSR count). The SMILES string of the molecule is COC(=O)N[C@H](C(=O)N1CCC[C@H]1c1ncc(C#Cc2ccc(-c3ccc4nc([C@@H]5CCCN5C(=O)[C@@H](C)C(C)C)[nH]c4c3)cc2)[nH]1)C(C)C. The average molecular weight is 678 g/mol. The molecule has 0 spiro atoms. The van der Waals surface area contributed by atoms with Crippen LogP contribution in [0.3, 0.4) is 0 Å². The number of hydrogen-bond acceptors (Lipinski definition) is 6. The molecule has 3 N–H and O–H groups in total. The van der Waals surface area contributed by atoms with Crippen LogP contribution in [0, 0.1) is 29.6 Å². The molecule has 0 unspecified atom stereocenters. The molecule has 0 bridgehead atoms. The molecule has 0 radical (unpaired) electrons. The zero-order valence-corrected chi connectivity index (χ0v) is 29.7. The predicted octanol–water partition coefficient (Wildman–Crippen LogP) is 6.35. The highest BCUT2D eigenvalue weighted by molar-refractivity contribution is 5.86. The Kier molecular flexibility index (Phi) is 10.3. The van der Waals surface area contributed by atoms with Gasteiger partial charge in [-0.1, -0.05) is 58.7 Å². The summed E-state index contributed by atoms with van der Waals surface area (Å²) in [6.45, 7) is 11.4. The third-order valence-corrected chi connectivity index (χ3v) is 10.1. The van der Waals surface area contributed by atoms with E-state index >= 15 is 0 Å². The lowest BCUT2D eigenvalue weighted by Crippen LogP contribution is -2.51. The second-order valence-electron chi connectivity index (χ2n) is 14.1. The van der Waals surface area contributed by atoms with Gasteiger partial charge in [0.15, 0.2) is 0 Å². The number of nitrogens with one attached hydrogen (secondary N) is 3. The third-order valence-electron chi connectivity index (χ3n) is 10.1. The average Bonchev–Trinajstić information content (AvgIpc) is 3.94. The van der Waals surface area contributed by atoms with E-state index < -0.39 is 12.1 Å². The number of carbonyl (C=O) groups is 3. The summed E-state index contributed by atoms with van der Waals surface area (Å²) in [5.74, 6) is 8.18. The maximum absolute atomic E-state index is 13.4. The van der Waals surface area contributed by atoms with Crippen molar-refractivity contribution in [2.24, 2.45) is 17.8 Å². The van der Waals surface area contributed by atoms with Crippen LogP contribution in [0.15, 0.2) is 48.7 Å². The number of nitrogens with zero attached hydrogens (tertiary/aromatic N) is 4. The number of likely N-dealkylation sites (tertiary alicyclic amines) is 2. The van der Waals surface area contributed by atoms with Gasteiger partial charge < -0.3 is 29.8 Å². The Morgan fingerprint density at radius 3 is 2.16 bits per heavy atom. The minimum absolute atomic E-state index is 0.0156. The first-order valence-corrected chi connectivity index (χ1v) is 17.7. The van der Waals surface area contributed by atoms with Gasteiger partial charge in [0.25, 0.3) is 0 Å². The fourth-order valence-corrected chi connectivity index (χ4v) is 6.88. The van der Waals surface area contributed by atoms with Gasteiger partial charge in [0.2, 0.25) is 11.8 Å². The number of rotatable bonds is 8. The Labute approximate surface area is 293 Å². The quantitative estimate of drug-likeness (QED) is 0.186. The van der Waals surface area contributed by atoms with Gasteiger partial charge in [-0.15, -0.1) is 0 Å². The molecule has 2 saturated heterocycles. The van der Waals surface area contributed by atoms with Crippen LogP contribution >= 0.6 is 0 Å². The molecule has 3 amide bonds. The van der Waals surface area contributed by atoms with E-state index in [-0.39, 0.29) is 35.7 Å². The van der Waals surface area contributed by atoms with Crippen molar-refractivity contribution in [2.45, 2.75) is 78.4 Å². The second-order valence-corrected chi connectivity index (χ2v) is 14.1. The number of ether oxygens (including phenoxy) is 1. The summed E-state index contributed by atoms with van der Waals surface area (Å²) in [4.78, 5) is 58.6.